The molecule has 25 heavy (non-hydrogen) atoms. The highest BCUT2D eigenvalue weighted by atomic mass is 32.2. The lowest BCUT2D eigenvalue weighted by Crippen LogP contribution is -2.55. The molecular weight excluding hydrogens is 348 g/mol. The van der Waals surface area contributed by atoms with E-state index in [2.05, 4.69) is 4.99 Å². The first-order valence-corrected chi connectivity index (χ1v) is 8.84. The minimum absolute atomic E-state index is 0.318. The van der Waals surface area contributed by atoms with Crippen LogP contribution in [0.3, 0.4) is 0 Å². The minimum Gasteiger partial charge on any atom is -0.410 e. The Morgan fingerprint density at radius 2 is 2.04 bits per heavy atom. The molecule has 9 heteroatoms. The number of amides is 1. The normalized spacial score (nSPS) is 31.2. The maximum absolute atomic E-state index is 12.4. The molecule has 0 saturated carbocycles. The van der Waals surface area contributed by atoms with Gasteiger partial charge in [0.25, 0.3) is 0 Å². The number of hydrogen-bond donors (Lipinski definition) is 3. The zero-order chi connectivity index (χ0) is 18.0. The third kappa shape index (κ3) is 3.65. The van der Waals surface area contributed by atoms with Crippen LogP contribution in [0.15, 0.2) is 35.3 Å². The number of rotatable bonds is 3. The van der Waals surface area contributed by atoms with E-state index in [1.807, 2.05) is 6.07 Å². The number of benzene rings is 1. The van der Waals surface area contributed by atoms with Gasteiger partial charge in [-0.05, 0) is 19.1 Å². The average molecular weight is 368 g/mol. The summed E-state index contributed by atoms with van der Waals surface area (Å²) in [6.45, 7) is 1.68. The monoisotopic (exact) mass is 368 g/mol. The molecule has 136 valence electrons. The van der Waals surface area contributed by atoms with Gasteiger partial charge in [-0.3, -0.25) is 9.89 Å². The quantitative estimate of drug-likeness (QED) is 0.709. The van der Waals surface area contributed by atoms with Gasteiger partial charge in [-0.1, -0.05) is 30.0 Å². The Bertz CT molecular complexity index is 643. The molecule has 0 aromatic heterocycles. The van der Waals surface area contributed by atoms with Gasteiger partial charge in [0.1, 0.15) is 35.5 Å². The van der Waals surface area contributed by atoms with Crippen molar-refractivity contribution in [2.75, 3.05) is 13.2 Å². The Morgan fingerprint density at radius 3 is 2.68 bits per heavy atom. The predicted molar refractivity (Wildman–Crippen MR) is 91.4 cm³/mol. The molecule has 8 nitrogen and oxygen atoms in total. The number of carbonyl (C=O) groups is 1. The molecule has 5 atom stereocenters. The molecule has 0 aliphatic carbocycles. The lowest BCUT2D eigenvalue weighted by atomic mass is 9.99. The lowest BCUT2D eigenvalue weighted by Gasteiger charge is -2.37. The van der Waals surface area contributed by atoms with Crippen molar-refractivity contribution in [3.05, 3.63) is 30.3 Å². The van der Waals surface area contributed by atoms with E-state index in [1.165, 1.54) is 4.90 Å². The molecule has 0 radical (unpaired) electrons. The number of fused-ring (bicyclic) bond motifs is 1. The average Bonchev–Trinajstić information content (AvgIpc) is 3.03. The molecule has 0 unspecified atom stereocenters. The standard InChI is InChI=1S/C16H20N2O6S/c1-2-18(16(22)23-9-6-4-3-5-7-9)15-17-11-13(21)12(20)10(8-19)24-14(11)25-15/h3-7,10-14,19-21H,2,8H2,1H3/t10-,11-,12-,13-,14-/m1/s1. The van der Waals surface area contributed by atoms with Gasteiger partial charge in [0.15, 0.2) is 5.17 Å². The number of thioether (sulfide) groups is 1. The summed E-state index contributed by atoms with van der Waals surface area (Å²) in [5.41, 5.74) is -0.580. The van der Waals surface area contributed by atoms with Gasteiger partial charge in [-0.25, -0.2) is 4.79 Å². The van der Waals surface area contributed by atoms with Gasteiger partial charge in [0.2, 0.25) is 0 Å². The van der Waals surface area contributed by atoms with Crippen molar-refractivity contribution >= 4 is 23.0 Å². The van der Waals surface area contributed by atoms with Crippen molar-refractivity contribution in [2.45, 2.75) is 36.7 Å². The Hall–Kier alpha value is -1.65. The molecule has 0 spiro atoms. The number of aliphatic hydroxyl groups excluding tert-OH is 3. The van der Waals surface area contributed by atoms with Crippen LogP contribution < -0.4 is 4.74 Å². The molecule has 2 heterocycles. The largest absolute Gasteiger partial charge is 0.421 e. The SMILES string of the molecule is CCN(C(=O)Oc1ccccc1)C1=N[C@@H]2[C@@H](O)[C@H](O)[C@@H](CO)O[C@@H]2S1. The maximum Gasteiger partial charge on any atom is 0.421 e. The number of aliphatic hydroxyl groups is 3. The summed E-state index contributed by atoms with van der Waals surface area (Å²) in [5.74, 6) is 0.416. The lowest BCUT2D eigenvalue weighted by molar-refractivity contribution is -0.164. The van der Waals surface area contributed by atoms with E-state index >= 15 is 0 Å². The van der Waals surface area contributed by atoms with E-state index in [0.29, 0.717) is 17.5 Å². The van der Waals surface area contributed by atoms with Crippen molar-refractivity contribution in [1.82, 2.24) is 4.90 Å². The van der Waals surface area contributed by atoms with Gasteiger partial charge in [-0.15, -0.1) is 0 Å². The molecule has 1 amide bonds. The molecule has 2 aliphatic rings. The van der Waals surface area contributed by atoms with Gasteiger partial charge in [-0.2, -0.15) is 0 Å². The van der Waals surface area contributed by atoms with E-state index in [-0.39, 0.29) is 0 Å². The van der Waals surface area contributed by atoms with Crippen LogP contribution in [-0.2, 0) is 4.74 Å². The predicted octanol–water partition coefficient (Wildman–Crippen LogP) is 0.418. The van der Waals surface area contributed by atoms with Gasteiger partial charge < -0.3 is 24.8 Å². The number of hydrogen-bond acceptors (Lipinski definition) is 8. The highest BCUT2D eigenvalue weighted by molar-refractivity contribution is 8.14. The summed E-state index contributed by atoms with van der Waals surface area (Å²) in [7, 11) is 0. The van der Waals surface area contributed by atoms with Gasteiger partial charge in [0, 0.05) is 6.54 Å². The molecule has 3 N–H and O–H groups in total. The molecule has 0 bridgehead atoms. The van der Waals surface area contributed by atoms with E-state index in [1.54, 1.807) is 31.2 Å². The molecule has 1 aromatic carbocycles. The van der Waals surface area contributed by atoms with Crippen LogP contribution in [0, 0.1) is 0 Å². The van der Waals surface area contributed by atoms with Crippen LogP contribution in [0.25, 0.3) is 0 Å². The van der Waals surface area contributed by atoms with Crippen molar-refractivity contribution in [3.8, 4) is 5.75 Å². The fraction of sp³-hybridized carbons (Fsp3) is 0.500. The summed E-state index contributed by atoms with van der Waals surface area (Å²) < 4.78 is 10.9. The number of ether oxygens (including phenoxy) is 2. The summed E-state index contributed by atoms with van der Waals surface area (Å²) in [6, 6.07) is 7.97. The zero-order valence-electron chi connectivity index (χ0n) is 13.6. The molecule has 1 saturated heterocycles. The summed E-state index contributed by atoms with van der Waals surface area (Å²) in [4.78, 5) is 18.1. The molecule has 1 aromatic rings. The van der Waals surface area contributed by atoms with E-state index in [9.17, 15) is 20.1 Å². The number of aliphatic imine (C=N–C) groups is 1. The highest BCUT2D eigenvalue weighted by Crippen LogP contribution is 2.37. The van der Waals surface area contributed by atoms with E-state index in [4.69, 9.17) is 9.47 Å². The molecule has 2 aliphatic heterocycles. The second-order valence-electron chi connectivity index (χ2n) is 5.65. The second kappa shape index (κ2) is 7.71. The highest BCUT2D eigenvalue weighted by Gasteiger charge is 2.49. The van der Waals surface area contributed by atoms with Crippen LogP contribution >= 0.6 is 11.8 Å². The summed E-state index contributed by atoms with van der Waals surface area (Å²) in [5, 5.41) is 29.7. The van der Waals surface area contributed by atoms with Crippen LogP contribution in [0.5, 0.6) is 5.75 Å². The first-order chi connectivity index (χ1) is 12.0. The molecule has 1 fully saturated rings. The fourth-order valence-electron chi connectivity index (χ4n) is 2.68. The van der Waals surface area contributed by atoms with E-state index in [0.717, 1.165) is 11.8 Å². The molecular formula is C16H20N2O6S. The second-order valence-corrected chi connectivity index (χ2v) is 6.72. The fourth-order valence-corrected chi connectivity index (χ4v) is 3.96. The summed E-state index contributed by atoms with van der Waals surface area (Å²) in [6.07, 6.45) is -3.89. The summed E-state index contributed by atoms with van der Waals surface area (Å²) >= 11 is 1.16. The van der Waals surface area contributed by atoms with Crippen LogP contribution in [0.1, 0.15) is 6.92 Å². The van der Waals surface area contributed by atoms with Crippen molar-refractivity contribution < 1.29 is 29.6 Å². The Balaban J connectivity index is 1.73. The van der Waals surface area contributed by atoms with Crippen molar-refractivity contribution in [3.63, 3.8) is 0 Å². The third-order valence-corrected chi connectivity index (χ3v) is 5.20. The molecule has 3 rings (SSSR count). The maximum atomic E-state index is 12.4. The van der Waals surface area contributed by atoms with Crippen LogP contribution in [0.4, 0.5) is 4.79 Å². The van der Waals surface area contributed by atoms with Gasteiger partial charge >= 0.3 is 6.09 Å². The number of amidine groups is 1. The smallest absolute Gasteiger partial charge is 0.410 e. The minimum atomic E-state index is -1.23. The van der Waals surface area contributed by atoms with Crippen molar-refractivity contribution in [1.29, 1.82) is 0 Å². The topological polar surface area (TPSA) is 112 Å². The number of carbonyl (C=O) groups excluding carboxylic acids is 1. The first-order valence-electron chi connectivity index (χ1n) is 7.96. The van der Waals surface area contributed by atoms with Crippen LogP contribution in [0.2, 0.25) is 0 Å². The Labute approximate surface area is 149 Å². The van der Waals surface area contributed by atoms with Crippen LogP contribution in [-0.4, -0.2) is 74.4 Å². The Morgan fingerprint density at radius 1 is 1.32 bits per heavy atom. The number of nitrogens with zero attached hydrogens (tertiary/aromatic N) is 2. The van der Waals surface area contributed by atoms with Crippen molar-refractivity contribution in [2.24, 2.45) is 4.99 Å². The van der Waals surface area contributed by atoms with Gasteiger partial charge in [0.05, 0.1) is 6.61 Å². The third-order valence-electron chi connectivity index (χ3n) is 4.05. The Kier molecular flexibility index (Phi) is 5.60. The van der Waals surface area contributed by atoms with E-state index < -0.39 is 42.5 Å². The zero-order valence-corrected chi connectivity index (χ0v) is 14.4. The first kappa shape index (κ1) is 18.2. The number of para-hydroxylation sites is 1.